The van der Waals surface area contributed by atoms with E-state index in [2.05, 4.69) is 0 Å². The van der Waals surface area contributed by atoms with Gasteiger partial charge in [-0.15, -0.1) is 0 Å². The largest absolute Gasteiger partial charge is 0.382 e. The molecule has 2 aromatic rings. The Morgan fingerprint density at radius 2 is 1.82 bits per heavy atom. The summed E-state index contributed by atoms with van der Waals surface area (Å²) in [4.78, 5) is 14.9. The molecule has 1 amide bonds. The Morgan fingerprint density at radius 3 is 2.36 bits per heavy atom. The predicted octanol–water partition coefficient (Wildman–Crippen LogP) is 5.13. The van der Waals surface area contributed by atoms with Crippen molar-refractivity contribution in [3.8, 4) is 0 Å². The Bertz CT molecular complexity index is 997. The quantitative estimate of drug-likeness (QED) is 0.437. The van der Waals surface area contributed by atoms with Gasteiger partial charge in [-0.05, 0) is 61.4 Å². The number of carbonyl (C=O) groups is 1. The van der Waals surface area contributed by atoms with Crippen LogP contribution in [0.25, 0.3) is 0 Å². The van der Waals surface area contributed by atoms with Crippen molar-refractivity contribution in [3.63, 3.8) is 0 Å². The van der Waals surface area contributed by atoms with Crippen molar-refractivity contribution in [1.82, 2.24) is 4.90 Å². The molecule has 2 saturated carbocycles. The van der Waals surface area contributed by atoms with Crippen LogP contribution in [0.15, 0.2) is 48.5 Å². The van der Waals surface area contributed by atoms with Gasteiger partial charge >= 0.3 is 0 Å². The number of halogens is 2. The highest BCUT2D eigenvalue weighted by molar-refractivity contribution is 7.87. The number of carbonyl (C=O) groups excluding carboxylic acids is 1. The normalized spacial score (nSPS) is 18.4. The van der Waals surface area contributed by atoms with Crippen molar-refractivity contribution in [3.05, 3.63) is 64.9 Å². The van der Waals surface area contributed by atoms with Crippen LogP contribution >= 0.6 is 11.6 Å². The molecular weight excluding hydrogens is 463 g/mol. The average Bonchev–Trinajstić information content (AvgIpc) is 3.70. The van der Waals surface area contributed by atoms with Gasteiger partial charge in [0, 0.05) is 19.1 Å². The molecule has 0 heterocycles. The number of hydrogen-bond acceptors (Lipinski definition) is 3. The molecule has 33 heavy (non-hydrogen) atoms. The highest BCUT2D eigenvalue weighted by atomic mass is 35.5. The minimum atomic E-state index is -1.36. The van der Waals surface area contributed by atoms with Crippen molar-refractivity contribution in [2.45, 2.75) is 49.9 Å². The van der Waals surface area contributed by atoms with Gasteiger partial charge in [0.1, 0.15) is 16.8 Å². The SMILES string of the molecule is COCC(c1ccc(Cl)cc1)N(C(C)=O)C(CN(c1ccccc1F)S(=O)C1CC1)C1CC1. The number of methoxy groups -OCH3 is 1. The second-order valence-corrected chi connectivity index (χ2v) is 10.9. The zero-order chi connectivity index (χ0) is 23.5. The van der Waals surface area contributed by atoms with E-state index in [0.29, 0.717) is 23.9 Å². The lowest BCUT2D eigenvalue weighted by Crippen LogP contribution is -2.51. The van der Waals surface area contributed by atoms with Crippen LogP contribution in [0.1, 0.15) is 44.2 Å². The van der Waals surface area contributed by atoms with E-state index in [1.54, 1.807) is 48.7 Å². The summed E-state index contributed by atoms with van der Waals surface area (Å²) in [5.74, 6) is -0.220. The van der Waals surface area contributed by atoms with Crippen LogP contribution in [-0.2, 0) is 20.5 Å². The fraction of sp³-hybridized carbons (Fsp3) is 0.480. The smallest absolute Gasteiger partial charge is 0.220 e. The first kappa shape index (κ1) is 24.2. The number of amides is 1. The number of anilines is 1. The number of benzene rings is 2. The van der Waals surface area contributed by atoms with Crippen molar-refractivity contribution >= 4 is 34.2 Å². The number of ether oxygens (including phenoxy) is 1. The Morgan fingerprint density at radius 1 is 1.15 bits per heavy atom. The summed E-state index contributed by atoms with van der Waals surface area (Å²) in [7, 11) is 0.256. The summed E-state index contributed by atoms with van der Waals surface area (Å²) in [6.45, 7) is 2.18. The van der Waals surface area contributed by atoms with Crippen LogP contribution in [0, 0.1) is 11.7 Å². The van der Waals surface area contributed by atoms with Gasteiger partial charge in [-0.1, -0.05) is 35.9 Å². The minimum absolute atomic E-state index is 0.0428. The second-order valence-electron chi connectivity index (χ2n) is 8.84. The number of hydrogen-bond donors (Lipinski definition) is 0. The van der Waals surface area contributed by atoms with Gasteiger partial charge in [0.25, 0.3) is 0 Å². The van der Waals surface area contributed by atoms with Gasteiger partial charge in [-0.3, -0.25) is 9.10 Å². The highest BCUT2D eigenvalue weighted by Gasteiger charge is 2.43. The van der Waals surface area contributed by atoms with Gasteiger partial charge < -0.3 is 9.64 Å². The zero-order valence-corrected chi connectivity index (χ0v) is 20.5. The predicted molar refractivity (Wildman–Crippen MR) is 130 cm³/mol. The first-order chi connectivity index (χ1) is 15.9. The molecule has 0 bridgehead atoms. The van der Waals surface area contributed by atoms with Gasteiger partial charge in [0.15, 0.2) is 0 Å². The van der Waals surface area contributed by atoms with Crippen LogP contribution < -0.4 is 4.31 Å². The van der Waals surface area contributed by atoms with E-state index >= 15 is 0 Å². The van der Waals surface area contributed by atoms with Crippen LogP contribution in [-0.4, -0.2) is 46.6 Å². The fourth-order valence-electron chi connectivity index (χ4n) is 4.35. The maximum atomic E-state index is 14.8. The van der Waals surface area contributed by atoms with E-state index < -0.39 is 16.8 Å². The summed E-state index contributed by atoms with van der Waals surface area (Å²) in [5.41, 5.74) is 1.24. The van der Waals surface area contributed by atoms with Crippen LogP contribution in [0.2, 0.25) is 5.02 Å². The molecule has 0 saturated heterocycles. The van der Waals surface area contributed by atoms with Gasteiger partial charge in [0.05, 0.1) is 36.2 Å². The van der Waals surface area contributed by atoms with E-state index in [9.17, 15) is 13.4 Å². The molecule has 0 N–H and O–H groups in total. The Balaban J connectivity index is 1.70. The minimum Gasteiger partial charge on any atom is -0.382 e. The molecule has 0 radical (unpaired) electrons. The summed E-state index contributed by atoms with van der Waals surface area (Å²) >= 11 is 6.09. The molecule has 2 aliphatic rings. The third-order valence-corrected chi connectivity index (χ3v) is 8.38. The van der Waals surface area contributed by atoms with Crippen molar-refractivity contribution in [2.24, 2.45) is 5.92 Å². The molecule has 2 aromatic carbocycles. The molecular formula is C25H30ClFN2O3S. The highest BCUT2D eigenvalue weighted by Crippen LogP contribution is 2.41. The van der Waals surface area contributed by atoms with Crippen molar-refractivity contribution < 1.29 is 18.1 Å². The van der Waals surface area contributed by atoms with Gasteiger partial charge in [-0.25, -0.2) is 8.60 Å². The van der Waals surface area contributed by atoms with E-state index in [0.717, 1.165) is 31.2 Å². The fourth-order valence-corrected chi connectivity index (χ4v) is 6.02. The number of rotatable bonds is 11. The molecule has 4 rings (SSSR count). The maximum absolute atomic E-state index is 14.8. The first-order valence-corrected chi connectivity index (χ1v) is 12.9. The average molecular weight is 493 g/mol. The monoisotopic (exact) mass is 492 g/mol. The molecule has 0 aliphatic heterocycles. The summed E-state index contributed by atoms with van der Waals surface area (Å²) in [5, 5.41) is 0.662. The molecule has 2 aliphatic carbocycles. The van der Waals surface area contributed by atoms with Gasteiger partial charge in [-0.2, -0.15) is 0 Å². The van der Waals surface area contributed by atoms with Crippen molar-refractivity contribution in [2.75, 3.05) is 24.6 Å². The first-order valence-electron chi connectivity index (χ1n) is 11.4. The molecule has 0 spiro atoms. The standard InChI is InChI=1S/C25H30ClFN2O3S/c1-17(30)29(25(16-32-2)19-9-11-20(26)12-10-19)24(18-7-8-18)15-28(33(31)21-13-14-21)23-6-4-3-5-22(23)27/h3-6,9-12,18,21,24-25H,7-8,13-16H2,1-2H3. The lowest BCUT2D eigenvalue weighted by Gasteiger charge is -2.40. The van der Waals surface area contributed by atoms with E-state index in [1.165, 1.54) is 6.07 Å². The third-order valence-electron chi connectivity index (χ3n) is 6.30. The molecule has 8 heteroatoms. The molecule has 3 unspecified atom stereocenters. The van der Waals surface area contributed by atoms with Crippen molar-refractivity contribution in [1.29, 1.82) is 0 Å². The maximum Gasteiger partial charge on any atom is 0.220 e. The Hall–Kier alpha value is -1.96. The topological polar surface area (TPSA) is 49.9 Å². The van der Waals surface area contributed by atoms with E-state index in [1.807, 2.05) is 17.0 Å². The Labute approximate surface area is 202 Å². The molecule has 5 nitrogen and oxygen atoms in total. The van der Waals surface area contributed by atoms with Crippen LogP contribution in [0.5, 0.6) is 0 Å². The van der Waals surface area contributed by atoms with Gasteiger partial charge in [0.2, 0.25) is 5.91 Å². The van der Waals surface area contributed by atoms with E-state index in [4.69, 9.17) is 16.3 Å². The lowest BCUT2D eigenvalue weighted by atomic mass is 10.0. The second kappa shape index (κ2) is 10.5. The zero-order valence-electron chi connectivity index (χ0n) is 19.0. The molecule has 3 atom stereocenters. The third kappa shape index (κ3) is 5.76. The summed E-state index contributed by atoms with van der Waals surface area (Å²) in [6, 6.07) is 13.3. The number of para-hydroxylation sites is 1. The number of nitrogens with zero attached hydrogens (tertiary/aromatic N) is 2. The molecule has 0 aromatic heterocycles. The summed E-state index contributed by atoms with van der Waals surface area (Å²) in [6.07, 6.45) is 3.71. The van der Waals surface area contributed by atoms with E-state index in [-0.39, 0.29) is 29.2 Å². The molecule has 2 fully saturated rings. The van der Waals surface area contributed by atoms with Crippen LogP contribution in [0.4, 0.5) is 10.1 Å². The summed E-state index contributed by atoms with van der Waals surface area (Å²) < 4.78 is 35.4. The molecule has 178 valence electrons. The van der Waals surface area contributed by atoms with Crippen LogP contribution in [0.3, 0.4) is 0 Å². The lowest BCUT2D eigenvalue weighted by molar-refractivity contribution is -0.135. The Kier molecular flexibility index (Phi) is 7.72.